The number of benzene rings is 1. The van der Waals surface area contributed by atoms with Gasteiger partial charge in [0.1, 0.15) is 0 Å². The predicted molar refractivity (Wildman–Crippen MR) is 67.2 cm³/mol. The Balaban J connectivity index is 3.06. The molecule has 84 valence electrons. The maximum absolute atomic E-state index is 2.32. The van der Waals surface area contributed by atoms with Crippen molar-refractivity contribution in [2.24, 2.45) is 0 Å². The van der Waals surface area contributed by atoms with Gasteiger partial charge in [-0.25, -0.2) is 0 Å². The van der Waals surface area contributed by atoms with Crippen LogP contribution in [0.4, 0.5) is 0 Å². The van der Waals surface area contributed by atoms with Crippen molar-refractivity contribution in [2.75, 3.05) is 14.1 Å². The lowest BCUT2D eigenvalue weighted by molar-refractivity contribution is 0.393. The molecule has 0 N–H and O–H groups in total. The molecule has 0 saturated carbocycles. The molecule has 1 rings (SSSR count). The van der Waals surface area contributed by atoms with Crippen molar-refractivity contribution in [2.45, 2.75) is 39.2 Å². The molecule has 1 nitrogen and oxygen atoms in total. The van der Waals surface area contributed by atoms with Crippen molar-refractivity contribution < 1.29 is 0 Å². The Bertz CT molecular complexity index is 313. The summed E-state index contributed by atoms with van der Waals surface area (Å²) in [5.41, 5.74) is 3.22. The van der Waals surface area contributed by atoms with Gasteiger partial charge in [-0.1, -0.05) is 45.0 Å². The van der Waals surface area contributed by atoms with Crippen molar-refractivity contribution in [3.63, 3.8) is 0 Å². The quantitative estimate of drug-likeness (QED) is 0.728. The largest absolute Gasteiger partial charge is 0.305 e. The summed E-state index contributed by atoms with van der Waals surface area (Å²) in [7, 11) is 4.24. The van der Waals surface area contributed by atoms with Gasteiger partial charge in [-0.15, -0.1) is 0 Å². The summed E-state index contributed by atoms with van der Waals surface area (Å²) < 4.78 is 0. The molecule has 0 aliphatic rings. The lowest BCUT2D eigenvalue weighted by atomic mass is 9.79. The van der Waals surface area contributed by atoms with Gasteiger partial charge in [0.05, 0.1) is 0 Å². The minimum atomic E-state index is 0.284. The molecule has 0 heterocycles. The van der Waals surface area contributed by atoms with Crippen LogP contribution >= 0.6 is 0 Å². The first-order valence-electron chi connectivity index (χ1n) is 5.70. The summed E-state index contributed by atoms with van der Waals surface area (Å²) >= 11 is 0. The van der Waals surface area contributed by atoms with Gasteiger partial charge in [0.25, 0.3) is 0 Å². The topological polar surface area (TPSA) is 3.24 Å². The lowest BCUT2D eigenvalue weighted by Gasteiger charge is -2.27. The van der Waals surface area contributed by atoms with E-state index in [9.17, 15) is 0 Å². The fourth-order valence-electron chi connectivity index (χ4n) is 1.85. The molecule has 0 radical (unpaired) electrons. The van der Waals surface area contributed by atoms with Crippen LogP contribution in [-0.2, 0) is 12.0 Å². The molecule has 0 aliphatic carbocycles. The number of hydrogen-bond acceptors (Lipinski definition) is 1. The van der Waals surface area contributed by atoms with Crippen LogP contribution in [0.25, 0.3) is 0 Å². The fourth-order valence-corrected chi connectivity index (χ4v) is 1.85. The first-order valence-corrected chi connectivity index (χ1v) is 5.70. The smallest absolute Gasteiger partial charge is 0.0230 e. The molecule has 0 saturated heterocycles. The maximum Gasteiger partial charge on any atom is 0.0230 e. The van der Waals surface area contributed by atoms with E-state index in [4.69, 9.17) is 0 Å². The first kappa shape index (κ1) is 12.3. The van der Waals surface area contributed by atoms with Gasteiger partial charge >= 0.3 is 0 Å². The summed E-state index contributed by atoms with van der Waals surface area (Å²) in [5.74, 6) is 0. The minimum Gasteiger partial charge on any atom is -0.305 e. The van der Waals surface area contributed by atoms with Crippen LogP contribution in [0.2, 0.25) is 0 Å². The van der Waals surface area contributed by atoms with Gasteiger partial charge in [0, 0.05) is 6.54 Å². The molecule has 1 heteroatoms. The monoisotopic (exact) mass is 205 g/mol. The zero-order valence-corrected chi connectivity index (χ0v) is 10.7. The highest BCUT2D eigenvalue weighted by molar-refractivity contribution is 5.33. The van der Waals surface area contributed by atoms with E-state index in [1.54, 1.807) is 0 Å². The molecule has 0 fully saturated rings. The normalized spacial score (nSPS) is 12.1. The third-order valence-corrected chi connectivity index (χ3v) is 3.12. The average Bonchev–Trinajstić information content (AvgIpc) is 2.17. The van der Waals surface area contributed by atoms with Crippen LogP contribution in [0.3, 0.4) is 0 Å². The summed E-state index contributed by atoms with van der Waals surface area (Å²) in [6.07, 6.45) is 1.18. The highest BCUT2D eigenvalue weighted by Gasteiger charge is 2.20. The van der Waals surface area contributed by atoms with E-state index in [2.05, 4.69) is 64.0 Å². The second kappa shape index (κ2) is 4.80. The molecule has 0 atom stereocenters. The van der Waals surface area contributed by atoms with Crippen molar-refractivity contribution in [3.05, 3.63) is 35.4 Å². The average molecular weight is 205 g/mol. The maximum atomic E-state index is 2.32. The van der Waals surface area contributed by atoms with E-state index in [1.165, 1.54) is 17.5 Å². The molecule has 0 amide bonds. The van der Waals surface area contributed by atoms with E-state index in [1.807, 2.05) is 0 Å². The van der Waals surface area contributed by atoms with Crippen LogP contribution < -0.4 is 0 Å². The Kier molecular flexibility index (Phi) is 3.92. The second-order valence-electron chi connectivity index (χ2n) is 5.13. The SMILES string of the molecule is CCC(C)(C)c1ccccc1CN(C)C. The van der Waals surface area contributed by atoms with Gasteiger partial charge in [-0.3, -0.25) is 0 Å². The number of hydrogen-bond donors (Lipinski definition) is 0. The van der Waals surface area contributed by atoms with E-state index in [-0.39, 0.29) is 5.41 Å². The van der Waals surface area contributed by atoms with E-state index in [0.29, 0.717) is 0 Å². The first-order chi connectivity index (χ1) is 6.97. The Hall–Kier alpha value is -0.820. The zero-order valence-electron chi connectivity index (χ0n) is 10.7. The number of nitrogens with zero attached hydrogens (tertiary/aromatic N) is 1. The molecular formula is C14H23N. The molecule has 15 heavy (non-hydrogen) atoms. The van der Waals surface area contributed by atoms with E-state index < -0.39 is 0 Å². The zero-order chi connectivity index (χ0) is 11.5. The highest BCUT2D eigenvalue weighted by Crippen LogP contribution is 2.29. The third-order valence-electron chi connectivity index (χ3n) is 3.12. The lowest BCUT2D eigenvalue weighted by Crippen LogP contribution is -2.21. The molecular weight excluding hydrogens is 182 g/mol. The summed E-state index contributed by atoms with van der Waals surface area (Å²) in [4.78, 5) is 2.23. The minimum absolute atomic E-state index is 0.284. The molecule has 0 bridgehead atoms. The van der Waals surface area contributed by atoms with Gasteiger partial charge in [0.2, 0.25) is 0 Å². The van der Waals surface area contributed by atoms with Crippen LogP contribution in [0.15, 0.2) is 24.3 Å². The van der Waals surface area contributed by atoms with Crippen molar-refractivity contribution in [1.29, 1.82) is 0 Å². The van der Waals surface area contributed by atoms with Crippen LogP contribution in [-0.4, -0.2) is 19.0 Å². The summed E-state index contributed by atoms with van der Waals surface area (Å²) in [6, 6.07) is 8.79. The summed E-state index contributed by atoms with van der Waals surface area (Å²) in [5, 5.41) is 0. The highest BCUT2D eigenvalue weighted by atomic mass is 15.0. The molecule has 1 aromatic carbocycles. The standard InChI is InChI=1S/C14H23N/c1-6-14(2,3)13-10-8-7-9-12(13)11-15(4)5/h7-10H,6,11H2,1-5H3. The van der Waals surface area contributed by atoms with Gasteiger partial charge in [-0.05, 0) is 37.1 Å². The van der Waals surface area contributed by atoms with Crippen molar-refractivity contribution in [1.82, 2.24) is 4.90 Å². The fraction of sp³-hybridized carbons (Fsp3) is 0.571. The predicted octanol–water partition coefficient (Wildman–Crippen LogP) is 3.44. The van der Waals surface area contributed by atoms with Crippen molar-refractivity contribution in [3.8, 4) is 0 Å². The molecule has 0 unspecified atom stereocenters. The molecule has 0 aliphatic heterocycles. The number of rotatable bonds is 4. The summed E-state index contributed by atoms with van der Waals surface area (Å²) in [6.45, 7) is 7.93. The molecule has 1 aromatic rings. The Morgan fingerprint density at radius 3 is 2.27 bits per heavy atom. The van der Waals surface area contributed by atoms with E-state index in [0.717, 1.165) is 6.54 Å². The van der Waals surface area contributed by atoms with Crippen LogP contribution in [0.5, 0.6) is 0 Å². The Morgan fingerprint density at radius 2 is 1.73 bits per heavy atom. The van der Waals surface area contributed by atoms with Gasteiger partial charge in [0.15, 0.2) is 0 Å². The Morgan fingerprint density at radius 1 is 1.13 bits per heavy atom. The second-order valence-corrected chi connectivity index (χ2v) is 5.13. The van der Waals surface area contributed by atoms with Crippen LogP contribution in [0.1, 0.15) is 38.3 Å². The molecule has 0 aromatic heterocycles. The van der Waals surface area contributed by atoms with Crippen LogP contribution in [0, 0.1) is 0 Å². The van der Waals surface area contributed by atoms with Gasteiger partial charge < -0.3 is 4.90 Å². The molecule has 0 spiro atoms. The van der Waals surface area contributed by atoms with Gasteiger partial charge in [-0.2, -0.15) is 0 Å². The third kappa shape index (κ3) is 3.07. The van der Waals surface area contributed by atoms with Crippen molar-refractivity contribution >= 4 is 0 Å². The van der Waals surface area contributed by atoms with E-state index >= 15 is 0 Å². The Labute approximate surface area is 94.1 Å².